The van der Waals surface area contributed by atoms with Crippen molar-refractivity contribution in [3.05, 3.63) is 63.6 Å². The molecule has 6 nitrogen and oxygen atoms in total. The van der Waals surface area contributed by atoms with E-state index in [2.05, 4.69) is 10.3 Å². The monoisotopic (exact) mass is 440 g/mol. The van der Waals surface area contributed by atoms with Crippen LogP contribution >= 0.6 is 0 Å². The van der Waals surface area contributed by atoms with Crippen LogP contribution in [0.2, 0.25) is 0 Å². The fraction of sp³-hybridized carbons (Fsp3) is 0.417. The summed E-state index contributed by atoms with van der Waals surface area (Å²) >= 11 is 0. The Labute approximate surface area is 184 Å². The Kier molecular flexibility index (Phi) is 5.33. The van der Waals surface area contributed by atoms with Crippen molar-refractivity contribution in [2.24, 2.45) is 0 Å². The van der Waals surface area contributed by atoms with E-state index in [1.807, 2.05) is 29.8 Å². The molecule has 3 aromatic rings. The van der Waals surface area contributed by atoms with Crippen LogP contribution < -0.4 is 21.2 Å². The standard InChI is InChI=1S/C24H26F2N4O2/c1-13-12-32-24-21(26)19(25)8-18-22(24)30(13)11-16(23(18)31)10-28-17-4-2-3-14(7-17)15-5-6-20(27)29-9-15/h5-6,8-9,11,13-14,17,28H,2-4,7,10,12H2,1H3,(H2,27,29)/t13?,14?,17-/m0/s1. The normalized spacial score (nSPS) is 22.7. The number of rotatable bonds is 4. The molecule has 3 atom stereocenters. The van der Waals surface area contributed by atoms with Crippen LogP contribution in [-0.4, -0.2) is 22.2 Å². The fourth-order valence-corrected chi connectivity index (χ4v) is 4.97. The highest BCUT2D eigenvalue weighted by molar-refractivity contribution is 5.86. The summed E-state index contributed by atoms with van der Waals surface area (Å²) in [6.45, 7) is 2.52. The van der Waals surface area contributed by atoms with E-state index >= 15 is 0 Å². The van der Waals surface area contributed by atoms with Crippen molar-refractivity contribution in [3.8, 4) is 5.75 Å². The third kappa shape index (κ3) is 3.62. The van der Waals surface area contributed by atoms with Gasteiger partial charge in [-0.3, -0.25) is 4.79 Å². The van der Waals surface area contributed by atoms with Gasteiger partial charge in [0, 0.05) is 30.5 Å². The predicted octanol–water partition coefficient (Wildman–Crippen LogP) is 4.03. The molecule has 1 aromatic carbocycles. The average Bonchev–Trinajstić information content (AvgIpc) is 2.80. The third-order valence-electron chi connectivity index (χ3n) is 6.72. The van der Waals surface area contributed by atoms with Crippen LogP contribution in [-0.2, 0) is 6.54 Å². The number of ether oxygens (including phenoxy) is 1. The largest absolute Gasteiger partial charge is 0.486 e. The Hall–Kier alpha value is -3.00. The van der Waals surface area contributed by atoms with Gasteiger partial charge in [0.2, 0.25) is 5.82 Å². The minimum Gasteiger partial charge on any atom is -0.486 e. The van der Waals surface area contributed by atoms with Gasteiger partial charge in [0.25, 0.3) is 0 Å². The van der Waals surface area contributed by atoms with Gasteiger partial charge in [-0.25, -0.2) is 9.37 Å². The van der Waals surface area contributed by atoms with E-state index in [-0.39, 0.29) is 35.3 Å². The lowest BCUT2D eigenvalue weighted by molar-refractivity contribution is 0.233. The number of hydrogen-bond donors (Lipinski definition) is 2. The van der Waals surface area contributed by atoms with Gasteiger partial charge >= 0.3 is 0 Å². The number of nitrogens with one attached hydrogen (secondary N) is 1. The van der Waals surface area contributed by atoms with E-state index < -0.39 is 11.6 Å². The maximum absolute atomic E-state index is 14.3. The lowest BCUT2D eigenvalue weighted by Gasteiger charge is -2.30. The lowest BCUT2D eigenvalue weighted by Crippen LogP contribution is -2.35. The zero-order valence-corrected chi connectivity index (χ0v) is 17.9. The summed E-state index contributed by atoms with van der Waals surface area (Å²) in [4.78, 5) is 17.3. The lowest BCUT2D eigenvalue weighted by atomic mass is 9.82. The number of pyridine rings is 2. The molecule has 0 bridgehead atoms. The zero-order chi connectivity index (χ0) is 22.4. The molecule has 0 spiro atoms. The molecule has 2 aromatic heterocycles. The van der Waals surface area contributed by atoms with Crippen molar-refractivity contribution in [2.45, 2.75) is 57.2 Å². The molecule has 3 heterocycles. The number of anilines is 1. The van der Waals surface area contributed by atoms with Crippen molar-refractivity contribution in [3.63, 3.8) is 0 Å². The second-order valence-electron chi connectivity index (χ2n) is 8.91. The van der Waals surface area contributed by atoms with Crippen molar-refractivity contribution < 1.29 is 13.5 Å². The second kappa shape index (κ2) is 8.16. The maximum atomic E-state index is 14.3. The van der Waals surface area contributed by atoms with Gasteiger partial charge in [-0.2, -0.15) is 4.39 Å². The van der Waals surface area contributed by atoms with Crippen LogP contribution in [0.4, 0.5) is 14.6 Å². The first-order valence-corrected chi connectivity index (χ1v) is 11.1. The van der Waals surface area contributed by atoms with E-state index in [0.29, 0.717) is 29.4 Å². The van der Waals surface area contributed by atoms with Crippen LogP contribution in [0, 0.1) is 11.6 Å². The molecule has 5 rings (SSSR count). The van der Waals surface area contributed by atoms with E-state index in [4.69, 9.17) is 10.5 Å². The minimum absolute atomic E-state index is 0.0914. The molecule has 1 saturated carbocycles. The van der Waals surface area contributed by atoms with Gasteiger partial charge in [-0.15, -0.1) is 0 Å². The van der Waals surface area contributed by atoms with E-state index in [0.717, 1.165) is 31.7 Å². The first-order valence-electron chi connectivity index (χ1n) is 11.1. The number of aromatic nitrogens is 2. The molecule has 1 aliphatic heterocycles. The summed E-state index contributed by atoms with van der Waals surface area (Å²) in [7, 11) is 0. The molecule has 0 amide bonds. The zero-order valence-electron chi connectivity index (χ0n) is 17.9. The molecule has 0 saturated heterocycles. The topological polar surface area (TPSA) is 82.2 Å². The molecule has 3 N–H and O–H groups in total. The van der Waals surface area contributed by atoms with Gasteiger partial charge in [0.1, 0.15) is 12.4 Å². The Bertz CT molecular complexity index is 1230. The van der Waals surface area contributed by atoms with Gasteiger partial charge < -0.3 is 20.4 Å². The van der Waals surface area contributed by atoms with Crippen LogP contribution in [0.3, 0.4) is 0 Å². The molecule has 0 radical (unpaired) electrons. The van der Waals surface area contributed by atoms with Crippen molar-refractivity contribution >= 4 is 16.7 Å². The van der Waals surface area contributed by atoms with E-state index in [1.165, 1.54) is 5.56 Å². The molecular formula is C24H26F2N4O2. The maximum Gasteiger partial charge on any atom is 0.202 e. The smallest absolute Gasteiger partial charge is 0.202 e. The molecule has 32 heavy (non-hydrogen) atoms. The predicted molar refractivity (Wildman–Crippen MR) is 119 cm³/mol. The highest BCUT2D eigenvalue weighted by Crippen LogP contribution is 2.36. The summed E-state index contributed by atoms with van der Waals surface area (Å²) in [5, 5.41) is 3.67. The third-order valence-corrected chi connectivity index (χ3v) is 6.72. The number of nitrogen functional groups attached to an aromatic ring is 1. The van der Waals surface area contributed by atoms with Crippen LogP contribution in [0.25, 0.3) is 10.9 Å². The number of benzene rings is 1. The summed E-state index contributed by atoms with van der Waals surface area (Å²) in [5.74, 6) is -1.39. The number of nitrogens with two attached hydrogens (primary N) is 1. The SMILES string of the molecule is CC1COc2c(F)c(F)cc3c(=O)c(CN[C@H]4CCCC(c5ccc(N)nc5)C4)cn1c23. The summed E-state index contributed by atoms with van der Waals surface area (Å²) in [5.41, 5.74) is 7.46. The summed E-state index contributed by atoms with van der Waals surface area (Å²) in [6.07, 6.45) is 7.75. The molecule has 1 fully saturated rings. The highest BCUT2D eigenvalue weighted by atomic mass is 19.2. The minimum atomic E-state index is -1.07. The van der Waals surface area contributed by atoms with Crippen LogP contribution in [0.5, 0.6) is 5.75 Å². The van der Waals surface area contributed by atoms with Gasteiger partial charge in [0.15, 0.2) is 17.0 Å². The molecule has 2 aliphatic rings. The second-order valence-corrected chi connectivity index (χ2v) is 8.91. The van der Waals surface area contributed by atoms with Crippen LogP contribution in [0.1, 0.15) is 55.7 Å². The molecule has 8 heteroatoms. The molecular weight excluding hydrogens is 414 g/mol. The first-order chi connectivity index (χ1) is 15.4. The van der Waals surface area contributed by atoms with Crippen molar-refractivity contribution in [1.82, 2.24) is 14.9 Å². The Morgan fingerprint density at radius 2 is 2.16 bits per heavy atom. The number of hydrogen-bond acceptors (Lipinski definition) is 5. The van der Waals surface area contributed by atoms with Crippen molar-refractivity contribution in [1.29, 1.82) is 0 Å². The Morgan fingerprint density at radius 1 is 1.31 bits per heavy atom. The molecule has 168 valence electrons. The van der Waals surface area contributed by atoms with Crippen LogP contribution in [0.15, 0.2) is 35.4 Å². The van der Waals surface area contributed by atoms with E-state index in [9.17, 15) is 13.6 Å². The average molecular weight is 440 g/mol. The first kappa shape index (κ1) is 20.9. The fourth-order valence-electron chi connectivity index (χ4n) is 4.97. The van der Waals surface area contributed by atoms with Gasteiger partial charge in [0.05, 0.1) is 16.9 Å². The molecule has 1 aliphatic carbocycles. The number of halogens is 2. The summed E-state index contributed by atoms with van der Waals surface area (Å²) in [6, 6.07) is 5.01. The van der Waals surface area contributed by atoms with E-state index in [1.54, 1.807) is 6.20 Å². The Balaban J connectivity index is 1.40. The van der Waals surface area contributed by atoms with Gasteiger partial charge in [-0.1, -0.05) is 12.5 Å². The van der Waals surface area contributed by atoms with Gasteiger partial charge in [-0.05, 0) is 49.8 Å². The summed E-state index contributed by atoms with van der Waals surface area (Å²) < 4.78 is 35.7. The van der Waals surface area contributed by atoms with Crippen molar-refractivity contribution in [2.75, 3.05) is 12.3 Å². The quantitative estimate of drug-likeness (QED) is 0.640. The Morgan fingerprint density at radius 3 is 2.94 bits per heavy atom. The molecule has 2 unspecified atom stereocenters. The number of nitrogens with zero attached hydrogens (tertiary/aromatic N) is 2. The highest BCUT2D eigenvalue weighted by Gasteiger charge is 2.28.